The van der Waals surface area contributed by atoms with Gasteiger partial charge in [-0.3, -0.25) is 9.59 Å². The molecular formula is C28H50N4O19. The maximum absolute atomic E-state index is 12.2. The summed E-state index contributed by atoms with van der Waals surface area (Å²) < 4.78 is 39.9. The van der Waals surface area contributed by atoms with E-state index in [-0.39, 0.29) is 0 Å². The number of ether oxygens (including phenoxy) is 7. The highest BCUT2D eigenvalue weighted by Crippen LogP contribution is 2.33. The highest BCUT2D eigenvalue weighted by atomic mass is 16.8. The largest absolute Gasteiger partial charge is 0.394 e. The second kappa shape index (κ2) is 18.0. The standard InChI is InChI=1S/C28H50N4O19/c1-7(37)31-15-20(42)17(39)9(3-33)46-27(15)51-23-11(5-35)47-26(14(30)19(23)41)49-24-12(6-36)48-28(16(21(24)43)32-8(2)38)50-22-10(4-34)45-25(44)13(29)18(22)40/h9-28,33-36,39-44H,3-6,29-30H2,1-2H3,(H,31,37)(H,32,38)/t9-,10-,11-,12-,13-,14-,15-,16-,17-,18-,19-,20-,21-,22-,23-,24?,25-,26+,27+,28+/m1/s1. The maximum Gasteiger partial charge on any atom is 0.217 e. The van der Waals surface area contributed by atoms with E-state index in [1.807, 2.05) is 0 Å². The average molecular weight is 747 g/mol. The summed E-state index contributed by atoms with van der Waals surface area (Å²) >= 11 is 0. The summed E-state index contributed by atoms with van der Waals surface area (Å²) in [7, 11) is 0. The van der Waals surface area contributed by atoms with Crippen LogP contribution in [0.25, 0.3) is 0 Å². The molecule has 20 atom stereocenters. The third-order valence-corrected chi connectivity index (χ3v) is 9.17. The highest BCUT2D eigenvalue weighted by molar-refractivity contribution is 5.73. The van der Waals surface area contributed by atoms with Gasteiger partial charge in [0.2, 0.25) is 11.8 Å². The lowest BCUT2D eigenvalue weighted by molar-refractivity contribution is -0.360. The first kappa shape index (κ1) is 41.9. The lowest BCUT2D eigenvalue weighted by atomic mass is 9.93. The number of carbonyl (C=O) groups is 2. The number of aliphatic hydroxyl groups excluding tert-OH is 10. The van der Waals surface area contributed by atoms with Crippen LogP contribution in [-0.4, -0.2) is 212 Å². The van der Waals surface area contributed by atoms with Crippen LogP contribution in [0.2, 0.25) is 0 Å². The lowest BCUT2D eigenvalue weighted by Gasteiger charge is -2.50. The second-order valence-electron chi connectivity index (χ2n) is 12.8. The van der Waals surface area contributed by atoms with E-state index in [1.165, 1.54) is 0 Å². The Labute approximate surface area is 290 Å². The van der Waals surface area contributed by atoms with Crippen molar-refractivity contribution in [2.45, 2.75) is 136 Å². The minimum Gasteiger partial charge on any atom is -0.394 e. The first-order chi connectivity index (χ1) is 24.1. The van der Waals surface area contributed by atoms with Gasteiger partial charge in [-0.1, -0.05) is 0 Å². The van der Waals surface area contributed by atoms with Gasteiger partial charge in [0.05, 0.1) is 38.5 Å². The van der Waals surface area contributed by atoms with Crippen LogP contribution < -0.4 is 22.1 Å². The highest BCUT2D eigenvalue weighted by Gasteiger charge is 2.55. The van der Waals surface area contributed by atoms with Gasteiger partial charge in [0, 0.05) is 13.8 Å². The molecule has 0 aliphatic carbocycles. The van der Waals surface area contributed by atoms with Crippen LogP contribution in [0, 0.1) is 0 Å². The van der Waals surface area contributed by atoms with Crippen molar-refractivity contribution >= 4 is 11.8 Å². The SMILES string of the molecule is CC(=O)N[C@H]1[C@H](O[C@H]2[C@H](O)[C@@H](N)[C@H](OC3[C@@H](CO)O[C@@H](O[C@H]4[C@H](O)[C@@H](N)[C@H](O)O[C@@H]4CO)[C@H](NC(C)=O)[C@H]3O)O[C@@H]2CO)O[C@H](CO)[C@@H](O)[C@@H]1O. The number of amides is 2. The quantitative estimate of drug-likeness (QED) is 0.0881. The molecule has 16 N–H and O–H groups in total. The molecule has 4 saturated heterocycles. The normalized spacial score (nSPS) is 47.8. The first-order valence-corrected chi connectivity index (χ1v) is 16.2. The molecule has 1 unspecified atom stereocenters. The molecule has 23 nitrogen and oxygen atoms in total. The summed E-state index contributed by atoms with van der Waals surface area (Å²) in [6, 6.07) is -5.81. The second-order valence-corrected chi connectivity index (χ2v) is 12.8. The lowest BCUT2D eigenvalue weighted by Crippen LogP contribution is -2.71. The Morgan fingerprint density at radius 1 is 0.529 bits per heavy atom. The summed E-state index contributed by atoms with van der Waals surface area (Å²) in [6.07, 6.45) is -25.2. The Morgan fingerprint density at radius 2 is 0.902 bits per heavy atom. The first-order valence-electron chi connectivity index (χ1n) is 16.2. The van der Waals surface area contributed by atoms with Crippen molar-refractivity contribution in [3.63, 3.8) is 0 Å². The van der Waals surface area contributed by atoms with E-state index < -0.39 is 161 Å². The van der Waals surface area contributed by atoms with Gasteiger partial charge < -0.3 is 106 Å². The maximum atomic E-state index is 12.2. The van der Waals surface area contributed by atoms with Crippen LogP contribution in [0.4, 0.5) is 0 Å². The van der Waals surface area contributed by atoms with Gasteiger partial charge in [0.25, 0.3) is 0 Å². The van der Waals surface area contributed by atoms with Crippen molar-refractivity contribution in [3.05, 3.63) is 0 Å². The Bertz CT molecular complexity index is 1140. The van der Waals surface area contributed by atoms with E-state index in [0.717, 1.165) is 13.8 Å². The molecule has 2 amide bonds. The summed E-state index contributed by atoms with van der Waals surface area (Å²) in [4.78, 5) is 24.0. The molecule has 0 aromatic carbocycles. The fraction of sp³-hybridized carbons (Fsp3) is 0.929. The van der Waals surface area contributed by atoms with E-state index in [1.54, 1.807) is 0 Å². The van der Waals surface area contributed by atoms with Gasteiger partial charge in [-0.2, -0.15) is 0 Å². The number of hydrogen-bond donors (Lipinski definition) is 14. The minimum atomic E-state index is -1.79. The zero-order chi connectivity index (χ0) is 37.9. The van der Waals surface area contributed by atoms with Crippen molar-refractivity contribution in [2.75, 3.05) is 26.4 Å². The smallest absolute Gasteiger partial charge is 0.217 e. The van der Waals surface area contributed by atoms with Gasteiger partial charge in [-0.05, 0) is 0 Å². The van der Waals surface area contributed by atoms with Crippen LogP contribution in [0.15, 0.2) is 0 Å². The van der Waals surface area contributed by atoms with Crippen molar-refractivity contribution in [1.82, 2.24) is 10.6 Å². The zero-order valence-electron chi connectivity index (χ0n) is 27.7. The van der Waals surface area contributed by atoms with E-state index in [0.29, 0.717) is 0 Å². The van der Waals surface area contributed by atoms with E-state index in [2.05, 4.69) is 10.6 Å². The van der Waals surface area contributed by atoms with Crippen molar-refractivity contribution in [1.29, 1.82) is 0 Å². The van der Waals surface area contributed by atoms with Crippen LogP contribution in [0.1, 0.15) is 13.8 Å². The van der Waals surface area contributed by atoms with Crippen LogP contribution in [-0.2, 0) is 42.7 Å². The summed E-state index contributed by atoms with van der Waals surface area (Å²) in [5, 5.41) is 109. The molecule has 51 heavy (non-hydrogen) atoms. The molecule has 4 aliphatic heterocycles. The summed E-state index contributed by atoms with van der Waals surface area (Å²) in [6.45, 7) is -0.964. The van der Waals surface area contributed by atoms with Crippen molar-refractivity contribution in [3.8, 4) is 0 Å². The van der Waals surface area contributed by atoms with Crippen molar-refractivity contribution in [2.24, 2.45) is 11.5 Å². The minimum absolute atomic E-state index is 0.647. The van der Waals surface area contributed by atoms with E-state index in [9.17, 15) is 60.7 Å². The van der Waals surface area contributed by atoms with E-state index in [4.69, 9.17) is 44.6 Å². The van der Waals surface area contributed by atoms with Gasteiger partial charge in [0.1, 0.15) is 85.3 Å². The third kappa shape index (κ3) is 9.11. The molecule has 296 valence electrons. The Hall–Kier alpha value is -1.82. The van der Waals surface area contributed by atoms with Gasteiger partial charge >= 0.3 is 0 Å². The Balaban J connectivity index is 1.52. The molecule has 0 bridgehead atoms. The molecule has 0 aromatic rings. The molecule has 23 heteroatoms. The summed E-state index contributed by atoms with van der Waals surface area (Å²) in [5.41, 5.74) is 12.0. The van der Waals surface area contributed by atoms with Crippen molar-refractivity contribution < 1.29 is 93.8 Å². The number of nitrogens with two attached hydrogens (primary N) is 2. The van der Waals surface area contributed by atoms with Crippen LogP contribution >= 0.6 is 0 Å². The molecule has 4 aliphatic rings. The topological polar surface area (TPSA) is 377 Å². The number of aliphatic hydroxyl groups is 10. The number of rotatable bonds is 12. The predicted molar refractivity (Wildman–Crippen MR) is 161 cm³/mol. The molecule has 4 heterocycles. The Morgan fingerprint density at radius 3 is 1.37 bits per heavy atom. The van der Waals surface area contributed by atoms with Gasteiger partial charge in [0.15, 0.2) is 25.2 Å². The monoisotopic (exact) mass is 746 g/mol. The average Bonchev–Trinajstić information content (AvgIpc) is 3.09. The number of nitrogens with one attached hydrogen (secondary N) is 2. The molecule has 0 spiro atoms. The fourth-order valence-corrected chi connectivity index (χ4v) is 6.44. The molecule has 4 rings (SSSR count). The number of carbonyl (C=O) groups excluding carboxylic acids is 2. The molecule has 0 radical (unpaired) electrons. The third-order valence-electron chi connectivity index (χ3n) is 9.17. The van der Waals surface area contributed by atoms with Gasteiger partial charge in [-0.25, -0.2) is 0 Å². The molecule has 4 fully saturated rings. The van der Waals surface area contributed by atoms with Crippen LogP contribution in [0.5, 0.6) is 0 Å². The molecular weight excluding hydrogens is 696 g/mol. The van der Waals surface area contributed by atoms with E-state index >= 15 is 0 Å². The predicted octanol–water partition coefficient (Wildman–Crippen LogP) is -9.53. The number of hydrogen-bond acceptors (Lipinski definition) is 21. The van der Waals surface area contributed by atoms with Crippen LogP contribution in [0.3, 0.4) is 0 Å². The zero-order valence-corrected chi connectivity index (χ0v) is 27.7. The van der Waals surface area contributed by atoms with Gasteiger partial charge in [-0.15, -0.1) is 0 Å². The fourth-order valence-electron chi connectivity index (χ4n) is 6.44. The molecule has 0 saturated carbocycles. The molecule has 0 aromatic heterocycles. The summed E-state index contributed by atoms with van der Waals surface area (Å²) in [5.74, 6) is -1.33. The Kier molecular flexibility index (Phi) is 14.8.